The first kappa shape index (κ1) is 32.4. The number of aromatic carboxylic acids is 2. The van der Waals surface area contributed by atoms with E-state index in [1.807, 2.05) is 0 Å². The summed E-state index contributed by atoms with van der Waals surface area (Å²) in [5.41, 5.74) is -0.282. The minimum atomic E-state index is -1.30. The van der Waals surface area contributed by atoms with E-state index in [0.29, 0.717) is 0 Å². The Morgan fingerprint density at radius 2 is 1.09 bits per heavy atom. The van der Waals surface area contributed by atoms with Gasteiger partial charge in [0.25, 0.3) is 0 Å². The van der Waals surface area contributed by atoms with Gasteiger partial charge in [0.1, 0.15) is 11.4 Å². The Morgan fingerprint density at radius 3 is 1.22 bits per heavy atom. The fourth-order valence-corrected chi connectivity index (χ4v) is 0.821. The van der Waals surface area contributed by atoms with Crippen LogP contribution in [0.2, 0.25) is 0 Å². The molecule has 0 amide bonds. The minimum absolute atomic E-state index is 0. The van der Waals surface area contributed by atoms with Gasteiger partial charge in [-0.2, -0.15) is 10.2 Å². The largest absolute Gasteiger partial charge is 2.00 e. The molecule has 1 radical (unpaired) electrons. The summed E-state index contributed by atoms with van der Waals surface area (Å²) in [6.07, 6.45) is 2.79. The summed E-state index contributed by atoms with van der Waals surface area (Å²) in [5, 5.41) is 33.2. The maximum atomic E-state index is 9.99. The van der Waals surface area contributed by atoms with Gasteiger partial charge in [-0.05, 0) is 24.3 Å². The van der Waals surface area contributed by atoms with Gasteiger partial charge >= 0.3 is 16.8 Å². The van der Waals surface area contributed by atoms with Crippen molar-refractivity contribution in [3.8, 4) is 0 Å². The molecule has 0 saturated heterocycles. The van der Waals surface area contributed by atoms with Crippen molar-refractivity contribution < 1.29 is 58.5 Å². The number of hydrogen-bond donors (Lipinski definition) is 0. The zero-order valence-corrected chi connectivity index (χ0v) is 12.4. The molecule has 0 aliphatic heterocycles. The van der Waals surface area contributed by atoms with Gasteiger partial charge in [-0.25, -0.2) is 0 Å². The molecule has 0 aliphatic carbocycles. The van der Waals surface area contributed by atoms with Crippen molar-refractivity contribution in [2.24, 2.45) is 0 Å². The van der Waals surface area contributed by atoms with E-state index >= 15 is 0 Å². The molecule has 12 nitrogen and oxygen atoms in total. The predicted molar refractivity (Wildman–Crippen MR) is 69.7 cm³/mol. The molecule has 2 rings (SSSR count). The van der Waals surface area contributed by atoms with Crippen LogP contribution in [0.15, 0.2) is 36.7 Å². The van der Waals surface area contributed by atoms with Crippen LogP contribution in [0, 0.1) is 0 Å². The summed E-state index contributed by atoms with van der Waals surface area (Å²) in [6.45, 7) is 0. The van der Waals surface area contributed by atoms with Gasteiger partial charge in [-0.3, -0.25) is 0 Å². The molecule has 2 heterocycles. The summed E-state index contributed by atoms with van der Waals surface area (Å²) in [6, 6.07) is 5.61. The summed E-state index contributed by atoms with van der Waals surface area (Å²) in [5.74, 6) is -2.61. The molecular weight excluding hydrogens is 363 g/mol. The standard InChI is InChI=1S/2C5H4N2O2.Co.4H2O/c2*8-5(9)4-2-1-3-6-7-4;;;;;/h2*1-3H,(H,8,9);;4*1H2/q;;+2;;;;. The van der Waals surface area contributed by atoms with Crippen molar-refractivity contribution in [2.45, 2.75) is 0 Å². The summed E-state index contributed by atoms with van der Waals surface area (Å²) in [7, 11) is 0. The quantitative estimate of drug-likeness (QED) is 0.452. The first-order valence-electron chi connectivity index (χ1n) is 4.59. The molecule has 10 N–H and O–H groups in total. The SMILES string of the molecule is O.O.O=C([O-])c1cccnn1.O=C([O-])c1cccnn1.[Co+2].[OH3+].[OH3+]. The molecule has 0 spiro atoms. The van der Waals surface area contributed by atoms with Crippen molar-refractivity contribution in [2.75, 3.05) is 0 Å². The molecule has 0 fully saturated rings. The predicted octanol–water partition coefficient (Wildman–Crippen LogP) is -5.82. The summed E-state index contributed by atoms with van der Waals surface area (Å²) < 4.78 is 0. The molecule has 2 aromatic heterocycles. The Kier molecular flexibility index (Phi) is 24.7. The molecule has 0 atom stereocenters. The second-order valence-corrected chi connectivity index (χ2v) is 2.79. The Morgan fingerprint density at radius 1 is 0.783 bits per heavy atom. The van der Waals surface area contributed by atoms with Crippen molar-refractivity contribution >= 4 is 11.9 Å². The average Bonchev–Trinajstić information content (AvgIpc) is 2.41. The Balaban J connectivity index is -0.0000000771. The van der Waals surface area contributed by atoms with E-state index in [9.17, 15) is 19.8 Å². The fraction of sp³-hybridized carbons (Fsp3) is 0. The zero-order valence-electron chi connectivity index (χ0n) is 11.4. The van der Waals surface area contributed by atoms with Crippen LogP contribution in [0.5, 0.6) is 0 Å². The maximum absolute atomic E-state index is 9.99. The first-order chi connectivity index (χ1) is 8.61. The van der Waals surface area contributed by atoms with E-state index in [-0.39, 0.29) is 50.1 Å². The van der Waals surface area contributed by atoms with E-state index in [1.165, 1.54) is 36.7 Å². The van der Waals surface area contributed by atoms with Gasteiger partial charge in [0, 0.05) is 12.4 Å². The van der Waals surface area contributed by atoms with Gasteiger partial charge in [0.05, 0.1) is 11.9 Å². The van der Waals surface area contributed by atoms with E-state index in [4.69, 9.17) is 0 Å². The van der Waals surface area contributed by atoms with Crippen LogP contribution in [0.3, 0.4) is 0 Å². The third kappa shape index (κ3) is 12.9. The first-order valence-corrected chi connectivity index (χ1v) is 4.59. The fourth-order valence-electron chi connectivity index (χ4n) is 0.821. The van der Waals surface area contributed by atoms with E-state index < -0.39 is 11.9 Å². The Labute approximate surface area is 139 Å². The third-order valence-corrected chi connectivity index (χ3v) is 1.56. The van der Waals surface area contributed by atoms with Crippen LogP contribution in [-0.4, -0.2) is 43.3 Å². The van der Waals surface area contributed by atoms with Crippen molar-refractivity contribution in [3.05, 3.63) is 48.0 Å². The van der Waals surface area contributed by atoms with Crippen LogP contribution in [0.1, 0.15) is 21.0 Å². The zero-order chi connectivity index (χ0) is 13.4. The molecule has 13 heteroatoms. The van der Waals surface area contributed by atoms with Crippen molar-refractivity contribution in [3.63, 3.8) is 0 Å². The van der Waals surface area contributed by atoms with Gasteiger partial charge in [0.2, 0.25) is 0 Å². The van der Waals surface area contributed by atoms with Gasteiger partial charge in [-0.1, -0.05) is 0 Å². The summed E-state index contributed by atoms with van der Waals surface area (Å²) >= 11 is 0. The van der Waals surface area contributed by atoms with Gasteiger partial charge in [-0.15, -0.1) is 10.2 Å². The number of aromatic nitrogens is 4. The number of carboxylic acids is 2. The molecule has 0 saturated carbocycles. The average molecular weight is 379 g/mol. The molecule has 23 heavy (non-hydrogen) atoms. The van der Waals surface area contributed by atoms with E-state index in [2.05, 4.69) is 20.4 Å². The topological polar surface area (TPSA) is 261 Å². The third-order valence-electron chi connectivity index (χ3n) is 1.56. The maximum Gasteiger partial charge on any atom is 2.00 e. The van der Waals surface area contributed by atoms with E-state index in [0.717, 1.165) is 0 Å². The van der Waals surface area contributed by atoms with E-state index in [1.54, 1.807) is 0 Å². The van der Waals surface area contributed by atoms with Gasteiger partial charge < -0.3 is 41.7 Å². The van der Waals surface area contributed by atoms with Crippen LogP contribution in [-0.2, 0) is 27.7 Å². The number of hydrogen-bond acceptors (Lipinski definition) is 8. The second kappa shape index (κ2) is 17.5. The van der Waals surface area contributed by atoms with Crippen LogP contribution >= 0.6 is 0 Å². The number of nitrogens with zero attached hydrogens (tertiary/aromatic N) is 4. The number of carbonyl (C=O) groups excluding carboxylic acids is 2. The molecule has 2 aromatic rings. The summed E-state index contributed by atoms with van der Waals surface area (Å²) in [4.78, 5) is 20.0. The van der Waals surface area contributed by atoms with Crippen LogP contribution < -0.4 is 10.2 Å². The second-order valence-electron chi connectivity index (χ2n) is 2.79. The van der Waals surface area contributed by atoms with Crippen molar-refractivity contribution in [1.29, 1.82) is 0 Å². The molecule has 0 aliphatic rings. The Hall–Kier alpha value is -2.55. The van der Waals surface area contributed by atoms with Gasteiger partial charge in [0.15, 0.2) is 0 Å². The Bertz CT molecular complexity index is 481. The molecular formula is C10H16CoN4O8+2. The number of rotatable bonds is 2. The molecule has 0 unspecified atom stereocenters. The molecule has 131 valence electrons. The number of carbonyl (C=O) groups is 2. The monoisotopic (exact) mass is 379 g/mol. The molecule has 0 bridgehead atoms. The molecule has 0 aromatic carbocycles. The van der Waals surface area contributed by atoms with Crippen LogP contribution in [0.4, 0.5) is 0 Å². The minimum Gasteiger partial charge on any atom is -0.543 e. The normalized spacial score (nSPS) is 6.96. The van der Waals surface area contributed by atoms with Crippen LogP contribution in [0.25, 0.3) is 0 Å². The van der Waals surface area contributed by atoms with Crippen molar-refractivity contribution in [1.82, 2.24) is 20.4 Å². The number of carboxylic acid groups (broad SMARTS) is 2. The smallest absolute Gasteiger partial charge is 0.543 e.